The third-order valence-electron chi connectivity index (χ3n) is 3.26. The van der Waals surface area contributed by atoms with E-state index in [4.69, 9.17) is 4.52 Å². The number of ketones is 1. The second kappa shape index (κ2) is 5.25. The van der Waals surface area contributed by atoms with Gasteiger partial charge in [0.15, 0.2) is 11.4 Å². The molecule has 0 atom stereocenters. The van der Waals surface area contributed by atoms with E-state index in [0.717, 1.165) is 16.6 Å². The highest BCUT2D eigenvalue weighted by atomic mass is 16.5. The van der Waals surface area contributed by atoms with Gasteiger partial charge in [0.25, 0.3) is 0 Å². The number of rotatable bonds is 3. The summed E-state index contributed by atoms with van der Waals surface area (Å²) >= 11 is 0. The number of aryl methyl sites for hydroxylation is 1. The SMILES string of the molecule is Cc1noc2ccc(C(=O)C=Cc3ccc(O)cc3)cc12. The minimum atomic E-state index is -0.0921. The van der Waals surface area contributed by atoms with Crippen molar-refractivity contribution in [3.8, 4) is 5.75 Å². The van der Waals surface area contributed by atoms with Gasteiger partial charge in [-0.3, -0.25) is 4.79 Å². The van der Waals surface area contributed by atoms with Gasteiger partial charge in [-0.1, -0.05) is 23.4 Å². The second-order valence-electron chi connectivity index (χ2n) is 4.77. The number of hydrogen-bond acceptors (Lipinski definition) is 4. The van der Waals surface area contributed by atoms with E-state index in [1.807, 2.05) is 6.92 Å². The number of nitrogens with zero attached hydrogens (tertiary/aromatic N) is 1. The van der Waals surface area contributed by atoms with Crippen molar-refractivity contribution in [2.75, 3.05) is 0 Å². The van der Waals surface area contributed by atoms with Crippen LogP contribution in [0.3, 0.4) is 0 Å². The van der Waals surface area contributed by atoms with Gasteiger partial charge in [-0.05, 0) is 48.9 Å². The molecule has 1 N–H and O–H groups in total. The summed E-state index contributed by atoms with van der Waals surface area (Å²) in [5.74, 6) is 0.109. The number of benzene rings is 2. The van der Waals surface area contributed by atoms with Crippen LogP contribution in [0.4, 0.5) is 0 Å². The molecule has 0 aliphatic carbocycles. The van der Waals surface area contributed by atoms with Crippen LogP contribution in [0, 0.1) is 6.92 Å². The van der Waals surface area contributed by atoms with Gasteiger partial charge in [-0.25, -0.2) is 0 Å². The molecule has 2 aromatic carbocycles. The van der Waals surface area contributed by atoms with E-state index in [1.165, 1.54) is 6.08 Å². The maximum Gasteiger partial charge on any atom is 0.185 e. The molecule has 4 heteroatoms. The first-order valence-electron chi connectivity index (χ1n) is 6.51. The van der Waals surface area contributed by atoms with Crippen LogP contribution in [-0.4, -0.2) is 16.0 Å². The van der Waals surface area contributed by atoms with Crippen LogP contribution in [0.1, 0.15) is 21.6 Å². The van der Waals surface area contributed by atoms with Crippen molar-refractivity contribution in [2.45, 2.75) is 6.92 Å². The van der Waals surface area contributed by atoms with Gasteiger partial charge in [0.1, 0.15) is 5.75 Å². The van der Waals surface area contributed by atoms with Crippen LogP contribution in [0.5, 0.6) is 5.75 Å². The highest BCUT2D eigenvalue weighted by Gasteiger charge is 2.08. The van der Waals surface area contributed by atoms with Gasteiger partial charge in [-0.15, -0.1) is 0 Å². The molecule has 104 valence electrons. The van der Waals surface area contributed by atoms with Crippen molar-refractivity contribution in [3.05, 3.63) is 65.4 Å². The molecule has 1 aromatic heterocycles. The van der Waals surface area contributed by atoms with Crippen molar-refractivity contribution in [3.63, 3.8) is 0 Å². The van der Waals surface area contributed by atoms with Gasteiger partial charge in [0.05, 0.1) is 5.69 Å². The van der Waals surface area contributed by atoms with Crippen LogP contribution >= 0.6 is 0 Å². The van der Waals surface area contributed by atoms with E-state index >= 15 is 0 Å². The number of aromatic hydroxyl groups is 1. The molecule has 3 aromatic rings. The molecular weight excluding hydrogens is 266 g/mol. The van der Waals surface area contributed by atoms with Crippen molar-refractivity contribution in [2.24, 2.45) is 0 Å². The number of phenols is 1. The Kier molecular flexibility index (Phi) is 3.28. The molecule has 1 heterocycles. The van der Waals surface area contributed by atoms with Crippen LogP contribution < -0.4 is 0 Å². The van der Waals surface area contributed by atoms with Crippen LogP contribution in [0.15, 0.2) is 53.1 Å². The standard InChI is InChI=1S/C17H13NO3/c1-11-15-10-13(5-9-17(15)21-18-11)16(20)8-4-12-2-6-14(19)7-3-12/h2-10,19H,1H3. The normalized spacial score (nSPS) is 11.3. The summed E-state index contributed by atoms with van der Waals surface area (Å²) in [5.41, 5.74) is 2.88. The lowest BCUT2D eigenvalue weighted by Gasteiger charge is -1.97. The van der Waals surface area contributed by atoms with Gasteiger partial charge < -0.3 is 9.63 Å². The van der Waals surface area contributed by atoms with Gasteiger partial charge >= 0.3 is 0 Å². The number of fused-ring (bicyclic) bond motifs is 1. The predicted octanol–water partition coefficient (Wildman–Crippen LogP) is 3.74. The summed E-state index contributed by atoms with van der Waals surface area (Å²) in [7, 11) is 0. The van der Waals surface area contributed by atoms with Crippen molar-refractivity contribution in [1.29, 1.82) is 0 Å². The topological polar surface area (TPSA) is 63.3 Å². The van der Waals surface area contributed by atoms with Gasteiger partial charge in [-0.2, -0.15) is 0 Å². The van der Waals surface area contributed by atoms with E-state index in [0.29, 0.717) is 11.1 Å². The van der Waals surface area contributed by atoms with Crippen molar-refractivity contribution < 1.29 is 14.4 Å². The van der Waals surface area contributed by atoms with E-state index in [1.54, 1.807) is 48.5 Å². The predicted molar refractivity (Wildman–Crippen MR) is 80.2 cm³/mol. The summed E-state index contributed by atoms with van der Waals surface area (Å²) in [6.45, 7) is 1.84. The van der Waals surface area contributed by atoms with E-state index in [2.05, 4.69) is 5.16 Å². The molecule has 0 aliphatic rings. The van der Waals surface area contributed by atoms with E-state index in [9.17, 15) is 9.90 Å². The fraction of sp³-hybridized carbons (Fsp3) is 0.0588. The van der Waals surface area contributed by atoms with E-state index in [-0.39, 0.29) is 11.5 Å². The number of carbonyl (C=O) groups excluding carboxylic acids is 1. The number of hydrogen-bond donors (Lipinski definition) is 1. The minimum Gasteiger partial charge on any atom is -0.508 e. The zero-order valence-electron chi connectivity index (χ0n) is 11.4. The number of phenolic OH excluding ortho intramolecular Hbond substituents is 1. The van der Waals surface area contributed by atoms with Gasteiger partial charge in [0, 0.05) is 10.9 Å². The second-order valence-corrected chi connectivity index (χ2v) is 4.77. The van der Waals surface area contributed by atoms with Crippen LogP contribution in [0.25, 0.3) is 17.0 Å². The molecule has 0 saturated heterocycles. The van der Waals surface area contributed by atoms with Gasteiger partial charge in [0.2, 0.25) is 0 Å². The molecule has 0 amide bonds. The fourth-order valence-electron chi connectivity index (χ4n) is 2.07. The summed E-state index contributed by atoms with van der Waals surface area (Å²) in [6.07, 6.45) is 3.23. The average Bonchev–Trinajstić information content (AvgIpc) is 2.87. The lowest BCUT2D eigenvalue weighted by Crippen LogP contribution is -1.93. The lowest BCUT2D eigenvalue weighted by molar-refractivity contribution is 0.104. The van der Waals surface area contributed by atoms with Crippen molar-refractivity contribution in [1.82, 2.24) is 5.16 Å². The summed E-state index contributed by atoms with van der Waals surface area (Å²) in [6, 6.07) is 11.9. The third-order valence-corrected chi connectivity index (χ3v) is 3.26. The highest BCUT2D eigenvalue weighted by molar-refractivity contribution is 6.08. The fourth-order valence-corrected chi connectivity index (χ4v) is 2.07. The largest absolute Gasteiger partial charge is 0.508 e. The van der Waals surface area contributed by atoms with Crippen molar-refractivity contribution >= 4 is 22.8 Å². The molecule has 0 spiro atoms. The zero-order valence-corrected chi connectivity index (χ0v) is 11.4. The molecule has 4 nitrogen and oxygen atoms in total. The molecule has 0 bridgehead atoms. The minimum absolute atomic E-state index is 0.0921. The first kappa shape index (κ1) is 13.1. The molecule has 3 rings (SSSR count). The molecule has 0 radical (unpaired) electrons. The Morgan fingerprint density at radius 1 is 1.19 bits per heavy atom. The Bertz CT molecular complexity index is 829. The number of aromatic nitrogens is 1. The van der Waals surface area contributed by atoms with Crippen LogP contribution in [0.2, 0.25) is 0 Å². The molecule has 0 saturated carbocycles. The third kappa shape index (κ3) is 2.69. The summed E-state index contributed by atoms with van der Waals surface area (Å²) < 4.78 is 5.12. The molecule has 21 heavy (non-hydrogen) atoms. The maximum absolute atomic E-state index is 12.2. The highest BCUT2D eigenvalue weighted by Crippen LogP contribution is 2.20. The number of carbonyl (C=O) groups is 1. The molecule has 0 fully saturated rings. The summed E-state index contributed by atoms with van der Waals surface area (Å²) in [5, 5.41) is 13.9. The molecule has 0 aliphatic heterocycles. The Balaban J connectivity index is 1.86. The number of allylic oxidation sites excluding steroid dienone is 1. The quantitative estimate of drug-likeness (QED) is 0.586. The Morgan fingerprint density at radius 2 is 1.95 bits per heavy atom. The Hall–Kier alpha value is -2.88. The van der Waals surface area contributed by atoms with E-state index < -0.39 is 0 Å². The summed E-state index contributed by atoms with van der Waals surface area (Å²) in [4.78, 5) is 12.2. The van der Waals surface area contributed by atoms with Crippen LogP contribution in [-0.2, 0) is 0 Å². The Labute approximate surface area is 121 Å². The Morgan fingerprint density at radius 3 is 2.71 bits per heavy atom. The average molecular weight is 279 g/mol. The monoisotopic (exact) mass is 279 g/mol. The lowest BCUT2D eigenvalue weighted by atomic mass is 10.1. The molecule has 0 unspecified atom stereocenters. The smallest absolute Gasteiger partial charge is 0.185 e. The first-order valence-corrected chi connectivity index (χ1v) is 6.51. The molecular formula is C17H13NO3. The first-order chi connectivity index (χ1) is 10.1. The maximum atomic E-state index is 12.2. The zero-order chi connectivity index (χ0) is 14.8.